The largest absolute Gasteiger partial charge is 0.479 e. The number of benzene rings is 2. The molecule has 120 valence electrons. The van der Waals surface area contributed by atoms with Crippen molar-refractivity contribution < 1.29 is 14.3 Å². The van der Waals surface area contributed by atoms with Gasteiger partial charge in [0.1, 0.15) is 5.75 Å². The molecule has 0 heterocycles. The predicted molar refractivity (Wildman–Crippen MR) is 89.6 cm³/mol. The van der Waals surface area contributed by atoms with E-state index in [2.05, 4.69) is 10.6 Å². The summed E-state index contributed by atoms with van der Waals surface area (Å²) in [6.07, 6.45) is -0.854. The number of imide groups is 1. The summed E-state index contributed by atoms with van der Waals surface area (Å²) in [5.41, 5.74) is 1.98. The summed E-state index contributed by atoms with van der Waals surface area (Å²) >= 11 is 6.23. The van der Waals surface area contributed by atoms with Gasteiger partial charge in [0.25, 0.3) is 5.91 Å². The topological polar surface area (TPSA) is 67.4 Å². The van der Waals surface area contributed by atoms with Gasteiger partial charge in [-0.3, -0.25) is 10.1 Å². The van der Waals surface area contributed by atoms with Crippen molar-refractivity contribution in [2.45, 2.75) is 13.0 Å². The molecule has 0 aliphatic carbocycles. The smallest absolute Gasteiger partial charge is 0.321 e. The highest BCUT2D eigenvalue weighted by Gasteiger charge is 2.18. The molecule has 0 aliphatic heterocycles. The minimum atomic E-state index is -0.854. The molecule has 6 heteroatoms. The zero-order valence-electron chi connectivity index (χ0n) is 12.8. The van der Waals surface area contributed by atoms with Gasteiger partial charge >= 0.3 is 6.03 Å². The number of hydrogen-bond acceptors (Lipinski definition) is 3. The van der Waals surface area contributed by atoms with Gasteiger partial charge in [0.2, 0.25) is 0 Å². The maximum Gasteiger partial charge on any atom is 0.321 e. The van der Waals surface area contributed by atoms with Gasteiger partial charge in [-0.05, 0) is 30.2 Å². The Balaban J connectivity index is 2.09. The Kier molecular flexibility index (Phi) is 5.60. The summed E-state index contributed by atoms with van der Waals surface area (Å²) in [6, 6.07) is 14.5. The van der Waals surface area contributed by atoms with Gasteiger partial charge in [-0.2, -0.15) is 0 Å². The first kappa shape index (κ1) is 16.8. The van der Waals surface area contributed by atoms with E-state index in [0.717, 1.165) is 11.1 Å². The summed E-state index contributed by atoms with van der Waals surface area (Å²) in [5, 5.41) is 4.84. The summed E-state index contributed by atoms with van der Waals surface area (Å²) in [7, 11) is 1.42. The van der Waals surface area contributed by atoms with Gasteiger partial charge in [-0.15, -0.1) is 0 Å². The molecule has 0 fully saturated rings. The van der Waals surface area contributed by atoms with Crippen molar-refractivity contribution in [3.05, 3.63) is 53.6 Å². The molecule has 0 aliphatic rings. The minimum Gasteiger partial charge on any atom is -0.479 e. The fourth-order valence-corrected chi connectivity index (χ4v) is 2.15. The summed E-state index contributed by atoms with van der Waals surface area (Å²) in [4.78, 5) is 22.9. The number of urea groups is 1. The number of carbonyl (C=O) groups is 2. The van der Waals surface area contributed by atoms with Crippen LogP contribution in [0.15, 0.2) is 48.5 Å². The molecular weight excluding hydrogens is 316 g/mol. The van der Waals surface area contributed by atoms with Crippen LogP contribution in [0.1, 0.15) is 6.92 Å². The Morgan fingerprint density at radius 3 is 2.39 bits per heavy atom. The second kappa shape index (κ2) is 7.65. The molecule has 3 amide bonds. The highest BCUT2D eigenvalue weighted by Crippen LogP contribution is 2.30. The van der Waals surface area contributed by atoms with Crippen LogP contribution in [0.3, 0.4) is 0 Å². The lowest BCUT2D eigenvalue weighted by Gasteiger charge is -2.15. The van der Waals surface area contributed by atoms with Crippen LogP contribution >= 0.6 is 11.6 Å². The van der Waals surface area contributed by atoms with Crippen molar-refractivity contribution in [3.63, 3.8) is 0 Å². The third kappa shape index (κ3) is 4.47. The van der Waals surface area contributed by atoms with E-state index in [-0.39, 0.29) is 0 Å². The zero-order chi connectivity index (χ0) is 16.8. The van der Waals surface area contributed by atoms with Crippen molar-refractivity contribution in [3.8, 4) is 16.9 Å². The summed E-state index contributed by atoms with van der Waals surface area (Å²) < 4.78 is 5.52. The average Bonchev–Trinajstić information content (AvgIpc) is 2.57. The number of ether oxygens (including phenoxy) is 1. The van der Waals surface area contributed by atoms with Crippen molar-refractivity contribution in [1.82, 2.24) is 10.6 Å². The molecule has 0 radical (unpaired) electrons. The predicted octanol–water partition coefficient (Wildman–Crippen LogP) is 3.23. The molecule has 0 saturated heterocycles. The third-order valence-corrected chi connectivity index (χ3v) is 3.47. The highest BCUT2D eigenvalue weighted by atomic mass is 35.5. The number of nitrogens with one attached hydrogen (secondary N) is 2. The minimum absolute atomic E-state index is 0.380. The van der Waals surface area contributed by atoms with Gasteiger partial charge in [0.05, 0.1) is 5.02 Å². The fraction of sp³-hybridized carbons (Fsp3) is 0.176. The molecule has 5 nitrogen and oxygen atoms in total. The molecule has 2 aromatic carbocycles. The molecule has 0 saturated carbocycles. The van der Waals surface area contributed by atoms with Crippen molar-refractivity contribution in [2.75, 3.05) is 7.05 Å². The van der Waals surface area contributed by atoms with Crippen LogP contribution < -0.4 is 15.4 Å². The maximum absolute atomic E-state index is 11.8. The van der Waals surface area contributed by atoms with Crippen LogP contribution in [0.25, 0.3) is 11.1 Å². The number of halogens is 1. The number of carbonyl (C=O) groups excluding carboxylic acids is 2. The lowest BCUT2D eigenvalue weighted by molar-refractivity contribution is -0.126. The van der Waals surface area contributed by atoms with Gasteiger partial charge in [0, 0.05) is 7.05 Å². The molecule has 23 heavy (non-hydrogen) atoms. The monoisotopic (exact) mass is 332 g/mol. The number of rotatable bonds is 4. The molecular formula is C17H17ClN2O3. The second-order valence-electron chi connectivity index (χ2n) is 4.84. The normalized spacial score (nSPS) is 11.4. The zero-order valence-corrected chi connectivity index (χ0v) is 13.6. The van der Waals surface area contributed by atoms with E-state index in [1.807, 2.05) is 36.4 Å². The third-order valence-electron chi connectivity index (χ3n) is 3.18. The van der Waals surface area contributed by atoms with Crippen molar-refractivity contribution in [1.29, 1.82) is 0 Å². The van der Waals surface area contributed by atoms with Gasteiger partial charge in [-0.25, -0.2) is 4.79 Å². The van der Waals surface area contributed by atoms with Crippen LogP contribution in [0.2, 0.25) is 5.02 Å². The molecule has 2 aromatic rings. The van der Waals surface area contributed by atoms with E-state index < -0.39 is 18.0 Å². The van der Waals surface area contributed by atoms with Gasteiger partial charge < -0.3 is 10.1 Å². The van der Waals surface area contributed by atoms with E-state index in [1.54, 1.807) is 19.1 Å². The highest BCUT2D eigenvalue weighted by molar-refractivity contribution is 6.32. The second-order valence-corrected chi connectivity index (χ2v) is 5.25. The Bertz CT molecular complexity index is 704. The number of hydrogen-bond donors (Lipinski definition) is 2. The summed E-state index contributed by atoms with van der Waals surface area (Å²) in [6.45, 7) is 1.54. The first-order chi connectivity index (χ1) is 11.0. The summed E-state index contributed by atoms with van der Waals surface area (Å²) in [5.74, 6) is -0.168. The molecule has 2 rings (SSSR count). The maximum atomic E-state index is 11.8. The Hall–Kier alpha value is -2.53. The van der Waals surface area contributed by atoms with E-state index in [0.29, 0.717) is 10.8 Å². The Morgan fingerprint density at radius 2 is 1.78 bits per heavy atom. The van der Waals surface area contributed by atoms with Crippen LogP contribution in [0.5, 0.6) is 5.75 Å². The lowest BCUT2D eigenvalue weighted by Crippen LogP contribution is -2.43. The van der Waals surface area contributed by atoms with E-state index in [9.17, 15) is 9.59 Å². The van der Waals surface area contributed by atoms with E-state index in [4.69, 9.17) is 16.3 Å². The Morgan fingerprint density at radius 1 is 1.09 bits per heavy atom. The van der Waals surface area contributed by atoms with Crippen molar-refractivity contribution in [2.24, 2.45) is 0 Å². The average molecular weight is 333 g/mol. The van der Waals surface area contributed by atoms with Crippen LogP contribution in [0, 0.1) is 0 Å². The van der Waals surface area contributed by atoms with Crippen LogP contribution in [-0.2, 0) is 4.79 Å². The van der Waals surface area contributed by atoms with Crippen LogP contribution in [-0.4, -0.2) is 25.1 Å². The fourth-order valence-electron chi connectivity index (χ4n) is 1.93. The molecule has 0 unspecified atom stereocenters. The Labute approximate surface area is 139 Å². The first-order valence-electron chi connectivity index (χ1n) is 7.05. The standard InChI is InChI=1S/C17H17ClN2O3/c1-11(16(21)20-17(22)19-2)23-15-9-8-13(10-14(15)18)12-6-4-3-5-7-12/h3-11H,1-2H3,(H2,19,20,21,22)/t11-/m1/s1. The molecule has 0 aromatic heterocycles. The van der Waals surface area contributed by atoms with Crippen molar-refractivity contribution >= 4 is 23.5 Å². The number of amides is 3. The SMILES string of the molecule is CNC(=O)NC(=O)[C@@H](C)Oc1ccc(-c2ccccc2)cc1Cl. The van der Waals surface area contributed by atoms with Crippen LogP contribution in [0.4, 0.5) is 4.79 Å². The molecule has 1 atom stereocenters. The quantitative estimate of drug-likeness (QED) is 0.903. The van der Waals surface area contributed by atoms with Gasteiger partial charge in [-0.1, -0.05) is 48.0 Å². The molecule has 0 spiro atoms. The van der Waals surface area contributed by atoms with E-state index in [1.165, 1.54) is 7.05 Å². The van der Waals surface area contributed by atoms with Gasteiger partial charge in [0.15, 0.2) is 6.10 Å². The first-order valence-corrected chi connectivity index (χ1v) is 7.43. The lowest BCUT2D eigenvalue weighted by atomic mass is 10.1. The van der Waals surface area contributed by atoms with E-state index >= 15 is 0 Å². The molecule has 2 N–H and O–H groups in total. The molecule has 0 bridgehead atoms.